The Morgan fingerprint density at radius 2 is 2.07 bits per heavy atom. The number of esters is 1. The molecule has 0 atom stereocenters. The standard InChI is InChI=1S/C19H19N3O6/c1-3-28-19(25)15-16(23)13-9-11(10-20-17(13)22(26)18(15)24)7-8-12-5-4-6-14(21-12)27-2/h4-6,9-10,23,26H,3,7-8H2,1-2H3. The van der Waals surface area contributed by atoms with Gasteiger partial charge in [0.2, 0.25) is 5.88 Å². The van der Waals surface area contributed by atoms with Crippen LogP contribution in [0, 0.1) is 0 Å². The second kappa shape index (κ2) is 7.95. The van der Waals surface area contributed by atoms with E-state index in [1.807, 2.05) is 12.1 Å². The molecular formula is C19H19N3O6. The normalized spacial score (nSPS) is 10.8. The van der Waals surface area contributed by atoms with Crippen molar-refractivity contribution in [1.82, 2.24) is 14.7 Å². The van der Waals surface area contributed by atoms with Crippen molar-refractivity contribution in [2.75, 3.05) is 13.7 Å². The molecule has 0 aliphatic rings. The van der Waals surface area contributed by atoms with Crippen LogP contribution in [-0.2, 0) is 17.6 Å². The van der Waals surface area contributed by atoms with E-state index in [9.17, 15) is 19.9 Å². The van der Waals surface area contributed by atoms with E-state index in [-0.39, 0.29) is 22.4 Å². The molecule has 2 N–H and O–H groups in total. The summed E-state index contributed by atoms with van der Waals surface area (Å²) >= 11 is 0. The lowest BCUT2D eigenvalue weighted by Gasteiger charge is -2.10. The molecule has 3 heterocycles. The Morgan fingerprint density at radius 3 is 2.79 bits per heavy atom. The minimum Gasteiger partial charge on any atom is -0.506 e. The molecule has 0 fully saturated rings. The molecule has 0 saturated heterocycles. The van der Waals surface area contributed by atoms with Gasteiger partial charge in [-0.25, -0.2) is 14.8 Å². The van der Waals surface area contributed by atoms with Crippen molar-refractivity contribution < 1.29 is 24.6 Å². The van der Waals surface area contributed by atoms with Crippen LogP contribution >= 0.6 is 0 Å². The van der Waals surface area contributed by atoms with Crippen LogP contribution in [0.5, 0.6) is 11.6 Å². The summed E-state index contributed by atoms with van der Waals surface area (Å²) in [6, 6.07) is 7.00. The summed E-state index contributed by atoms with van der Waals surface area (Å²) in [5, 5.41) is 20.5. The number of ether oxygens (including phenoxy) is 2. The molecule has 0 aliphatic carbocycles. The first-order valence-corrected chi connectivity index (χ1v) is 8.59. The molecule has 0 amide bonds. The summed E-state index contributed by atoms with van der Waals surface area (Å²) in [6.45, 7) is 1.59. The number of aryl methyl sites for hydroxylation is 2. The van der Waals surface area contributed by atoms with Gasteiger partial charge >= 0.3 is 11.5 Å². The molecule has 28 heavy (non-hydrogen) atoms. The van der Waals surface area contributed by atoms with Crippen molar-refractivity contribution in [2.24, 2.45) is 0 Å². The molecular weight excluding hydrogens is 366 g/mol. The quantitative estimate of drug-likeness (QED) is 0.485. The zero-order chi connectivity index (χ0) is 20.3. The van der Waals surface area contributed by atoms with Gasteiger partial charge in [0.05, 0.1) is 19.1 Å². The van der Waals surface area contributed by atoms with Crippen molar-refractivity contribution in [3.05, 3.63) is 57.6 Å². The Bertz CT molecular complexity index is 1090. The van der Waals surface area contributed by atoms with Gasteiger partial charge in [-0.3, -0.25) is 4.79 Å². The minimum atomic E-state index is -1.09. The van der Waals surface area contributed by atoms with Crippen LogP contribution in [0.3, 0.4) is 0 Å². The second-order valence-electron chi connectivity index (χ2n) is 5.95. The van der Waals surface area contributed by atoms with E-state index in [2.05, 4.69) is 9.97 Å². The van der Waals surface area contributed by atoms with Crippen LogP contribution < -0.4 is 10.3 Å². The number of methoxy groups -OCH3 is 1. The average molecular weight is 385 g/mol. The SMILES string of the molecule is CCOC(=O)c1c(O)c2cc(CCc3cccc(OC)n3)cnc2n(O)c1=O. The summed E-state index contributed by atoms with van der Waals surface area (Å²) in [5.41, 5.74) is -0.350. The average Bonchev–Trinajstić information content (AvgIpc) is 2.71. The molecule has 0 aliphatic heterocycles. The zero-order valence-electron chi connectivity index (χ0n) is 15.4. The molecule has 0 unspecified atom stereocenters. The molecule has 9 nitrogen and oxygen atoms in total. The first-order chi connectivity index (χ1) is 13.5. The Labute approximate surface area is 159 Å². The van der Waals surface area contributed by atoms with Gasteiger partial charge in [0.25, 0.3) is 0 Å². The van der Waals surface area contributed by atoms with Gasteiger partial charge in [0, 0.05) is 18.0 Å². The van der Waals surface area contributed by atoms with Crippen molar-refractivity contribution in [1.29, 1.82) is 0 Å². The first kappa shape index (κ1) is 19.2. The van der Waals surface area contributed by atoms with E-state index in [1.54, 1.807) is 19.1 Å². The van der Waals surface area contributed by atoms with Crippen molar-refractivity contribution in [3.8, 4) is 11.6 Å². The zero-order valence-corrected chi connectivity index (χ0v) is 15.4. The van der Waals surface area contributed by atoms with E-state index >= 15 is 0 Å². The Morgan fingerprint density at radius 1 is 1.29 bits per heavy atom. The summed E-state index contributed by atoms with van der Waals surface area (Å²) in [7, 11) is 1.54. The number of aromatic nitrogens is 3. The number of fused-ring (bicyclic) bond motifs is 1. The lowest BCUT2D eigenvalue weighted by atomic mass is 10.1. The van der Waals surface area contributed by atoms with Crippen LogP contribution in [0.2, 0.25) is 0 Å². The number of rotatable bonds is 6. The number of carbonyl (C=O) groups excluding carboxylic acids is 1. The van der Waals surface area contributed by atoms with Crippen LogP contribution in [-0.4, -0.2) is 44.7 Å². The molecule has 0 aromatic carbocycles. The highest BCUT2D eigenvalue weighted by Gasteiger charge is 2.24. The number of hydrogen-bond acceptors (Lipinski definition) is 8. The highest BCUT2D eigenvalue weighted by molar-refractivity contribution is 5.98. The Hall–Kier alpha value is -3.62. The first-order valence-electron chi connectivity index (χ1n) is 8.59. The van der Waals surface area contributed by atoms with E-state index < -0.39 is 22.8 Å². The fraction of sp³-hybridized carbons (Fsp3) is 0.263. The smallest absolute Gasteiger partial charge is 0.347 e. The van der Waals surface area contributed by atoms with Crippen LogP contribution in [0.15, 0.2) is 35.3 Å². The maximum atomic E-state index is 12.2. The van der Waals surface area contributed by atoms with Gasteiger partial charge < -0.3 is 19.8 Å². The molecule has 146 valence electrons. The highest BCUT2D eigenvalue weighted by atomic mass is 16.5. The highest BCUT2D eigenvalue weighted by Crippen LogP contribution is 2.26. The third kappa shape index (κ3) is 3.59. The molecule has 0 saturated carbocycles. The number of pyridine rings is 3. The van der Waals surface area contributed by atoms with Gasteiger partial charge in [0.15, 0.2) is 11.2 Å². The second-order valence-corrected chi connectivity index (χ2v) is 5.95. The van der Waals surface area contributed by atoms with Crippen LogP contribution in [0.4, 0.5) is 0 Å². The maximum absolute atomic E-state index is 12.2. The molecule has 3 aromatic heterocycles. The number of hydrogen-bond donors (Lipinski definition) is 2. The summed E-state index contributed by atoms with van der Waals surface area (Å²) < 4.78 is 10.1. The van der Waals surface area contributed by atoms with E-state index in [0.29, 0.717) is 18.7 Å². The summed E-state index contributed by atoms with van der Waals surface area (Å²) in [5.74, 6) is -1.08. The maximum Gasteiger partial charge on any atom is 0.347 e. The molecule has 9 heteroatoms. The topological polar surface area (TPSA) is 124 Å². The predicted molar refractivity (Wildman–Crippen MR) is 99.0 cm³/mol. The lowest BCUT2D eigenvalue weighted by molar-refractivity contribution is 0.0515. The van der Waals surface area contributed by atoms with Crippen molar-refractivity contribution >= 4 is 17.0 Å². The Balaban J connectivity index is 1.97. The number of nitrogens with zero attached hydrogens (tertiary/aromatic N) is 3. The largest absolute Gasteiger partial charge is 0.506 e. The molecule has 0 bridgehead atoms. The fourth-order valence-electron chi connectivity index (χ4n) is 2.79. The van der Waals surface area contributed by atoms with Gasteiger partial charge in [-0.1, -0.05) is 6.07 Å². The number of aromatic hydroxyl groups is 1. The summed E-state index contributed by atoms with van der Waals surface area (Å²) in [4.78, 5) is 32.5. The van der Waals surface area contributed by atoms with E-state index in [0.717, 1.165) is 11.3 Å². The van der Waals surface area contributed by atoms with Crippen molar-refractivity contribution in [2.45, 2.75) is 19.8 Å². The Kier molecular flexibility index (Phi) is 5.44. The third-order valence-corrected chi connectivity index (χ3v) is 4.16. The van der Waals surface area contributed by atoms with Crippen LogP contribution in [0.25, 0.3) is 11.0 Å². The van der Waals surface area contributed by atoms with E-state index in [4.69, 9.17) is 9.47 Å². The lowest BCUT2D eigenvalue weighted by Crippen LogP contribution is -2.27. The fourth-order valence-corrected chi connectivity index (χ4v) is 2.79. The molecule has 3 aromatic rings. The van der Waals surface area contributed by atoms with Gasteiger partial charge in [0.1, 0.15) is 5.75 Å². The van der Waals surface area contributed by atoms with Gasteiger partial charge in [-0.15, -0.1) is 4.73 Å². The summed E-state index contributed by atoms with van der Waals surface area (Å²) in [6.07, 6.45) is 2.59. The predicted octanol–water partition coefficient (Wildman–Crippen LogP) is 1.70. The minimum absolute atomic E-state index is 0.0208. The molecule has 0 spiro atoms. The van der Waals surface area contributed by atoms with E-state index in [1.165, 1.54) is 13.3 Å². The van der Waals surface area contributed by atoms with Crippen LogP contribution in [0.1, 0.15) is 28.5 Å². The molecule has 0 radical (unpaired) electrons. The number of carbonyl (C=O) groups is 1. The van der Waals surface area contributed by atoms with Gasteiger partial charge in [-0.2, -0.15) is 0 Å². The molecule has 3 rings (SSSR count). The van der Waals surface area contributed by atoms with Gasteiger partial charge in [-0.05, 0) is 37.5 Å². The monoisotopic (exact) mass is 385 g/mol. The van der Waals surface area contributed by atoms with Crippen molar-refractivity contribution in [3.63, 3.8) is 0 Å². The third-order valence-electron chi connectivity index (χ3n) is 4.16.